The van der Waals surface area contributed by atoms with Crippen molar-refractivity contribution >= 4 is 18.1 Å². The molecular formula is C21H18N2O5. The van der Waals surface area contributed by atoms with Crippen molar-refractivity contribution in [3.05, 3.63) is 77.6 Å². The van der Waals surface area contributed by atoms with Crippen molar-refractivity contribution in [2.75, 3.05) is 7.11 Å². The molecule has 1 heterocycles. The van der Waals surface area contributed by atoms with E-state index in [2.05, 4.69) is 10.5 Å². The van der Waals surface area contributed by atoms with Crippen LogP contribution >= 0.6 is 0 Å². The van der Waals surface area contributed by atoms with Crippen LogP contribution in [-0.4, -0.2) is 30.3 Å². The zero-order valence-electron chi connectivity index (χ0n) is 15.1. The Morgan fingerprint density at radius 1 is 1.07 bits per heavy atom. The Balaban J connectivity index is 1.55. The number of hydrogen-bond acceptors (Lipinski definition) is 5. The van der Waals surface area contributed by atoms with Gasteiger partial charge in [0.1, 0.15) is 17.3 Å². The summed E-state index contributed by atoms with van der Waals surface area (Å²) >= 11 is 0. The first-order chi connectivity index (χ1) is 13.5. The zero-order chi connectivity index (χ0) is 19.9. The summed E-state index contributed by atoms with van der Waals surface area (Å²) in [5.74, 6) is 0.528. The van der Waals surface area contributed by atoms with Gasteiger partial charge in [0.25, 0.3) is 0 Å². The van der Waals surface area contributed by atoms with Gasteiger partial charge in [0.05, 0.1) is 25.3 Å². The molecule has 0 unspecified atom stereocenters. The lowest BCUT2D eigenvalue weighted by molar-refractivity contribution is -0.120. The molecule has 1 aromatic heterocycles. The Morgan fingerprint density at radius 3 is 2.43 bits per heavy atom. The summed E-state index contributed by atoms with van der Waals surface area (Å²) in [6.45, 7) is 0. The number of nitrogens with zero attached hydrogens (tertiary/aromatic N) is 1. The number of furan rings is 1. The molecular weight excluding hydrogens is 360 g/mol. The van der Waals surface area contributed by atoms with Gasteiger partial charge in [-0.25, -0.2) is 10.2 Å². The van der Waals surface area contributed by atoms with Gasteiger partial charge in [0.15, 0.2) is 0 Å². The molecule has 0 bridgehead atoms. The predicted molar refractivity (Wildman–Crippen MR) is 104 cm³/mol. The molecule has 2 aromatic carbocycles. The van der Waals surface area contributed by atoms with E-state index < -0.39 is 5.97 Å². The standard InChI is InChI=1S/C21H18N2O5/c1-27-17-8-2-14(3-9-17)12-20(24)23-22-13-18-10-11-19(28-18)15-4-6-16(7-5-15)21(25)26/h2-11,13H,12H2,1H3,(H,23,24)(H,25,26)/b22-13-. The van der Waals surface area contributed by atoms with Gasteiger partial charge in [0, 0.05) is 5.56 Å². The minimum atomic E-state index is -0.982. The molecule has 28 heavy (non-hydrogen) atoms. The highest BCUT2D eigenvalue weighted by Crippen LogP contribution is 2.22. The van der Waals surface area contributed by atoms with Crippen LogP contribution in [0.5, 0.6) is 5.75 Å². The van der Waals surface area contributed by atoms with Gasteiger partial charge in [-0.05, 0) is 42.0 Å². The Morgan fingerprint density at radius 2 is 1.79 bits per heavy atom. The lowest BCUT2D eigenvalue weighted by atomic mass is 10.1. The molecule has 3 rings (SSSR count). The minimum absolute atomic E-state index is 0.195. The van der Waals surface area contributed by atoms with Crippen LogP contribution in [0.2, 0.25) is 0 Å². The van der Waals surface area contributed by atoms with Gasteiger partial charge >= 0.3 is 5.97 Å². The average Bonchev–Trinajstić information content (AvgIpc) is 3.17. The molecule has 2 N–H and O–H groups in total. The number of ether oxygens (including phenoxy) is 1. The summed E-state index contributed by atoms with van der Waals surface area (Å²) in [5.41, 5.74) is 4.25. The third-order valence-electron chi connectivity index (χ3n) is 3.95. The number of carboxylic acid groups (broad SMARTS) is 1. The average molecular weight is 378 g/mol. The van der Waals surface area contributed by atoms with E-state index in [1.807, 2.05) is 12.1 Å². The Hall–Kier alpha value is -3.87. The maximum atomic E-state index is 11.9. The molecule has 0 aliphatic carbocycles. The fourth-order valence-electron chi connectivity index (χ4n) is 2.49. The van der Waals surface area contributed by atoms with Crippen LogP contribution in [0, 0.1) is 0 Å². The Bertz CT molecular complexity index is 988. The van der Waals surface area contributed by atoms with Crippen LogP contribution in [0.4, 0.5) is 0 Å². The van der Waals surface area contributed by atoms with Gasteiger partial charge in [-0.3, -0.25) is 4.79 Å². The fourth-order valence-corrected chi connectivity index (χ4v) is 2.49. The van der Waals surface area contributed by atoms with Crippen molar-refractivity contribution in [3.63, 3.8) is 0 Å². The van der Waals surface area contributed by atoms with E-state index in [4.69, 9.17) is 14.3 Å². The summed E-state index contributed by atoms with van der Waals surface area (Å²) in [5, 5.41) is 12.8. The van der Waals surface area contributed by atoms with Crippen molar-refractivity contribution in [2.45, 2.75) is 6.42 Å². The molecule has 7 heteroatoms. The largest absolute Gasteiger partial charge is 0.497 e. The number of rotatable bonds is 7. The fraction of sp³-hybridized carbons (Fsp3) is 0.0952. The van der Waals surface area contributed by atoms with Crippen molar-refractivity contribution in [3.8, 4) is 17.1 Å². The number of aromatic carboxylic acids is 1. The van der Waals surface area contributed by atoms with Gasteiger partial charge < -0.3 is 14.3 Å². The smallest absolute Gasteiger partial charge is 0.335 e. The topological polar surface area (TPSA) is 101 Å². The van der Waals surface area contributed by atoms with E-state index in [-0.39, 0.29) is 17.9 Å². The number of methoxy groups -OCH3 is 1. The number of hydrogen-bond donors (Lipinski definition) is 2. The van der Waals surface area contributed by atoms with Crippen molar-refractivity contribution < 1.29 is 23.8 Å². The number of amides is 1. The van der Waals surface area contributed by atoms with E-state index in [0.29, 0.717) is 11.5 Å². The quantitative estimate of drug-likeness (QED) is 0.485. The normalized spacial score (nSPS) is 10.8. The molecule has 0 saturated carbocycles. The van der Waals surface area contributed by atoms with Crippen LogP contribution in [0.1, 0.15) is 21.7 Å². The molecule has 142 valence electrons. The first kappa shape index (κ1) is 18.9. The van der Waals surface area contributed by atoms with Crippen LogP contribution in [0.15, 0.2) is 70.2 Å². The van der Waals surface area contributed by atoms with Crippen LogP contribution in [0.25, 0.3) is 11.3 Å². The van der Waals surface area contributed by atoms with Crippen LogP contribution in [0.3, 0.4) is 0 Å². The van der Waals surface area contributed by atoms with Gasteiger partial charge in [0.2, 0.25) is 5.91 Å². The summed E-state index contributed by atoms with van der Waals surface area (Å²) in [6.07, 6.45) is 1.60. The minimum Gasteiger partial charge on any atom is -0.497 e. The number of nitrogens with one attached hydrogen (secondary N) is 1. The molecule has 7 nitrogen and oxygen atoms in total. The number of carboxylic acids is 1. The first-order valence-electron chi connectivity index (χ1n) is 8.43. The monoisotopic (exact) mass is 378 g/mol. The highest BCUT2D eigenvalue weighted by molar-refractivity contribution is 5.88. The first-order valence-corrected chi connectivity index (χ1v) is 8.43. The molecule has 0 spiro atoms. The molecule has 0 aliphatic heterocycles. The SMILES string of the molecule is COc1ccc(CC(=O)N/N=C\c2ccc(-c3ccc(C(=O)O)cc3)o2)cc1. The van der Waals surface area contributed by atoms with E-state index in [0.717, 1.165) is 16.9 Å². The van der Waals surface area contributed by atoms with E-state index >= 15 is 0 Å². The molecule has 0 atom stereocenters. The third kappa shape index (κ3) is 4.85. The summed E-state index contributed by atoms with van der Waals surface area (Å²) in [6, 6.07) is 17.0. The number of carbonyl (C=O) groups is 2. The molecule has 0 fully saturated rings. The lowest BCUT2D eigenvalue weighted by Crippen LogP contribution is -2.19. The number of benzene rings is 2. The second-order valence-corrected chi connectivity index (χ2v) is 5.90. The highest BCUT2D eigenvalue weighted by atomic mass is 16.5. The van der Waals surface area contributed by atoms with Gasteiger partial charge in [-0.15, -0.1) is 0 Å². The maximum absolute atomic E-state index is 11.9. The summed E-state index contributed by atoms with van der Waals surface area (Å²) in [7, 11) is 1.58. The molecule has 0 aliphatic rings. The van der Waals surface area contributed by atoms with Gasteiger partial charge in [-0.2, -0.15) is 5.10 Å². The summed E-state index contributed by atoms with van der Waals surface area (Å²) < 4.78 is 10.7. The third-order valence-corrected chi connectivity index (χ3v) is 3.95. The molecule has 3 aromatic rings. The van der Waals surface area contributed by atoms with E-state index in [1.165, 1.54) is 18.3 Å². The second kappa shape index (κ2) is 8.68. The number of hydrazone groups is 1. The number of carbonyl (C=O) groups excluding carboxylic acids is 1. The summed E-state index contributed by atoms with van der Waals surface area (Å²) in [4.78, 5) is 22.8. The van der Waals surface area contributed by atoms with E-state index in [1.54, 1.807) is 43.5 Å². The van der Waals surface area contributed by atoms with E-state index in [9.17, 15) is 9.59 Å². The maximum Gasteiger partial charge on any atom is 0.335 e. The highest BCUT2D eigenvalue weighted by Gasteiger charge is 2.07. The van der Waals surface area contributed by atoms with Crippen molar-refractivity contribution in [1.29, 1.82) is 0 Å². The lowest BCUT2D eigenvalue weighted by Gasteiger charge is -2.02. The second-order valence-electron chi connectivity index (χ2n) is 5.90. The van der Waals surface area contributed by atoms with Crippen molar-refractivity contribution in [2.24, 2.45) is 5.10 Å². The molecule has 1 amide bonds. The Labute approximate surface area is 161 Å². The Kier molecular flexibility index (Phi) is 5.86. The van der Waals surface area contributed by atoms with Crippen LogP contribution in [-0.2, 0) is 11.2 Å². The zero-order valence-corrected chi connectivity index (χ0v) is 15.1. The van der Waals surface area contributed by atoms with Crippen molar-refractivity contribution in [1.82, 2.24) is 5.43 Å². The molecule has 0 saturated heterocycles. The predicted octanol–water partition coefficient (Wildman–Crippen LogP) is 3.35. The van der Waals surface area contributed by atoms with Crippen LogP contribution < -0.4 is 10.2 Å². The van der Waals surface area contributed by atoms with Gasteiger partial charge in [-0.1, -0.05) is 24.3 Å². The molecule has 0 radical (unpaired) electrons.